The molecule has 1 atom stereocenters. The lowest BCUT2D eigenvalue weighted by Gasteiger charge is -2.15. The van der Waals surface area contributed by atoms with Crippen LogP contribution in [0.5, 0.6) is 0 Å². The van der Waals surface area contributed by atoms with Crippen molar-refractivity contribution in [1.82, 2.24) is 4.98 Å². The van der Waals surface area contributed by atoms with Gasteiger partial charge in [0.05, 0.1) is 5.56 Å². The average molecular weight is 264 g/mol. The monoisotopic (exact) mass is 264 g/mol. The predicted octanol–water partition coefficient (Wildman–Crippen LogP) is 3.51. The van der Waals surface area contributed by atoms with Gasteiger partial charge in [-0.1, -0.05) is 6.92 Å². The Balaban J connectivity index is 2.71. The Morgan fingerprint density at radius 3 is 2.76 bits per heavy atom. The number of anilines is 1. The van der Waals surface area contributed by atoms with Crippen LogP contribution in [0.4, 0.5) is 19.0 Å². The first-order valence-electron chi connectivity index (χ1n) is 5.20. The number of halogens is 3. The third kappa shape index (κ3) is 4.46. The molecular weight excluding hydrogens is 249 g/mol. The topological polar surface area (TPSA) is 24.9 Å². The van der Waals surface area contributed by atoms with Crippen LogP contribution in [0.1, 0.15) is 12.5 Å². The van der Waals surface area contributed by atoms with Crippen molar-refractivity contribution in [3.63, 3.8) is 0 Å². The minimum atomic E-state index is -4.36. The Bertz CT molecular complexity index is 355. The van der Waals surface area contributed by atoms with Gasteiger partial charge in [-0.05, 0) is 30.1 Å². The van der Waals surface area contributed by atoms with Crippen LogP contribution in [0.3, 0.4) is 0 Å². The molecule has 2 nitrogen and oxygen atoms in total. The highest BCUT2D eigenvalue weighted by molar-refractivity contribution is 7.98. The Morgan fingerprint density at radius 2 is 2.18 bits per heavy atom. The average Bonchev–Trinajstić information content (AvgIpc) is 2.26. The molecule has 1 unspecified atom stereocenters. The molecule has 1 heterocycles. The summed E-state index contributed by atoms with van der Waals surface area (Å²) in [7, 11) is 0. The third-order valence-corrected chi connectivity index (χ3v) is 3.08. The zero-order chi connectivity index (χ0) is 12.9. The Kier molecular flexibility index (Phi) is 5.11. The van der Waals surface area contributed by atoms with E-state index < -0.39 is 11.7 Å². The van der Waals surface area contributed by atoms with Crippen LogP contribution >= 0.6 is 11.8 Å². The largest absolute Gasteiger partial charge is 0.419 e. The molecule has 0 aliphatic carbocycles. The first kappa shape index (κ1) is 14.2. The molecule has 0 saturated heterocycles. The van der Waals surface area contributed by atoms with Gasteiger partial charge in [0, 0.05) is 12.7 Å². The maximum absolute atomic E-state index is 12.6. The van der Waals surface area contributed by atoms with E-state index in [2.05, 4.69) is 10.3 Å². The summed E-state index contributed by atoms with van der Waals surface area (Å²) < 4.78 is 37.9. The number of nitrogens with zero attached hydrogens (tertiary/aromatic N) is 1. The molecule has 0 fully saturated rings. The summed E-state index contributed by atoms with van der Waals surface area (Å²) >= 11 is 1.67. The van der Waals surface area contributed by atoms with Crippen molar-refractivity contribution in [2.45, 2.75) is 13.1 Å². The number of alkyl halides is 3. The fraction of sp³-hybridized carbons (Fsp3) is 0.545. The molecule has 0 saturated carbocycles. The number of nitrogens with one attached hydrogen (secondary N) is 1. The van der Waals surface area contributed by atoms with Crippen LogP contribution in [0.15, 0.2) is 18.3 Å². The van der Waals surface area contributed by atoms with E-state index in [9.17, 15) is 13.2 Å². The quantitative estimate of drug-likeness (QED) is 0.881. The summed E-state index contributed by atoms with van der Waals surface area (Å²) in [5, 5.41) is 2.76. The molecule has 1 aromatic heterocycles. The SMILES string of the molecule is CSCC(C)CNc1ncccc1C(F)(F)F. The number of thioether (sulfide) groups is 1. The van der Waals surface area contributed by atoms with Crippen LogP contribution in [-0.2, 0) is 6.18 Å². The molecule has 0 amide bonds. The fourth-order valence-corrected chi connectivity index (χ4v) is 2.08. The predicted molar refractivity (Wildman–Crippen MR) is 65.3 cm³/mol. The first-order valence-corrected chi connectivity index (χ1v) is 6.59. The summed E-state index contributed by atoms with van der Waals surface area (Å²) in [6.45, 7) is 2.47. The second-order valence-electron chi connectivity index (χ2n) is 3.84. The van der Waals surface area contributed by atoms with Crippen LogP contribution in [-0.4, -0.2) is 23.5 Å². The smallest absolute Gasteiger partial charge is 0.369 e. The maximum Gasteiger partial charge on any atom is 0.419 e. The van der Waals surface area contributed by atoms with Crippen molar-refractivity contribution in [1.29, 1.82) is 0 Å². The minimum absolute atomic E-state index is 0.0899. The molecule has 0 aromatic carbocycles. The molecule has 96 valence electrons. The van der Waals surface area contributed by atoms with Crippen LogP contribution < -0.4 is 5.32 Å². The Morgan fingerprint density at radius 1 is 1.47 bits per heavy atom. The number of hydrogen-bond acceptors (Lipinski definition) is 3. The molecule has 0 bridgehead atoms. The minimum Gasteiger partial charge on any atom is -0.369 e. The van der Waals surface area contributed by atoms with Gasteiger partial charge in [0.2, 0.25) is 0 Å². The highest BCUT2D eigenvalue weighted by atomic mass is 32.2. The molecule has 6 heteroatoms. The van der Waals surface area contributed by atoms with Crippen LogP contribution in [0, 0.1) is 5.92 Å². The lowest BCUT2D eigenvalue weighted by molar-refractivity contribution is -0.137. The maximum atomic E-state index is 12.6. The van der Waals surface area contributed by atoms with Crippen molar-refractivity contribution in [2.75, 3.05) is 23.9 Å². The molecular formula is C11H15F3N2S. The standard InChI is InChI=1S/C11H15F3N2S/c1-8(7-17-2)6-16-10-9(11(12,13)14)4-3-5-15-10/h3-5,8H,6-7H2,1-2H3,(H,15,16). The summed E-state index contributed by atoms with van der Waals surface area (Å²) in [5.41, 5.74) is -0.712. The second kappa shape index (κ2) is 6.14. The number of hydrogen-bond donors (Lipinski definition) is 1. The molecule has 0 aliphatic rings. The van der Waals surface area contributed by atoms with Crippen molar-refractivity contribution < 1.29 is 13.2 Å². The van der Waals surface area contributed by atoms with E-state index in [-0.39, 0.29) is 5.82 Å². The van der Waals surface area contributed by atoms with Gasteiger partial charge in [-0.2, -0.15) is 24.9 Å². The van der Waals surface area contributed by atoms with Gasteiger partial charge in [-0.15, -0.1) is 0 Å². The number of aromatic nitrogens is 1. The lowest BCUT2D eigenvalue weighted by Crippen LogP contribution is -2.17. The van der Waals surface area contributed by atoms with Crippen molar-refractivity contribution in [3.8, 4) is 0 Å². The summed E-state index contributed by atoms with van der Waals surface area (Å²) in [5.74, 6) is 1.11. The van der Waals surface area contributed by atoms with Crippen LogP contribution in [0.25, 0.3) is 0 Å². The van der Waals surface area contributed by atoms with Gasteiger partial charge in [0.25, 0.3) is 0 Å². The Labute approximate surface area is 103 Å². The zero-order valence-electron chi connectivity index (χ0n) is 9.71. The van der Waals surface area contributed by atoms with Gasteiger partial charge in [-0.25, -0.2) is 4.98 Å². The zero-order valence-corrected chi connectivity index (χ0v) is 10.5. The summed E-state index contributed by atoms with van der Waals surface area (Å²) in [6.07, 6.45) is -1.03. The van der Waals surface area contributed by atoms with E-state index in [0.717, 1.165) is 11.8 Å². The molecule has 0 spiro atoms. The van der Waals surface area contributed by atoms with Crippen molar-refractivity contribution in [3.05, 3.63) is 23.9 Å². The highest BCUT2D eigenvalue weighted by Crippen LogP contribution is 2.33. The summed E-state index contributed by atoms with van der Waals surface area (Å²) in [6, 6.07) is 2.33. The molecule has 0 radical (unpaired) electrons. The van der Waals surface area contributed by atoms with E-state index in [1.54, 1.807) is 11.8 Å². The molecule has 1 N–H and O–H groups in total. The second-order valence-corrected chi connectivity index (χ2v) is 4.75. The number of pyridine rings is 1. The third-order valence-electron chi connectivity index (χ3n) is 2.18. The van der Waals surface area contributed by atoms with E-state index in [4.69, 9.17) is 0 Å². The van der Waals surface area contributed by atoms with E-state index in [1.807, 2.05) is 13.2 Å². The fourth-order valence-electron chi connectivity index (χ4n) is 1.39. The van der Waals surface area contributed by atoms with Crippen LogP contribution in [0.2, 0.25) is 0 Å². The molecule has 1 aromatic rings. The van der Waals surface area contributed by atoms with E-state index in [0.29, 0.717) is 12.5 Å². The molecule has 0 aliphatic heterocycles. The van der Waals surface area contributed by atoms with Gasteiger partial charge in [0.15, 0.2) is 0 Å². The lowest BCUT2D eigenvalue weighted by atomic mass is 10.2. The van der Waals surface area contributed by atoms with E-state index >= 15 is 0 Å². The highest BCUT2D eigenvalue weighted by Gasteiger charge is 2.33. The van der Waals surface area contributed by atoms with Crippen molar-refractivity contribution in [2.24, 2.45) is 5.92 Å². The first-order chi connectivity index (χ1) is 7.95. The van der Waals surface area contributed by atoms with Gasteiger partial charge >= 0.3 is 6.18 Å². The normalized spacial score (nSPS) is 13.5. The van der Waals surface area contributed by atoms with Crippen molar-refractivity contribution >= 4 is 17.6 Å². The molecule has 1 rings (SSSR count). The molecule has 17 heavy (non-hydrogen) atoms. The van der Waals surface area contributed by atoms with Gasteiger partial charge in [0.1, 0.15) is 5.82 Å². The summed E-state index contributed by atoms with van der Waals surface area (Å²) in [4.78, 5) is 3.74. The van der Waals surface area contributed by atoms with Gasteiger partial charge in [-0.3, -0.25) is 0 Å². The Hall–Kier alpha value is -0.910. The van der Waals surface area contributed by atoms with Gasteiger partial charge < -0.3 is 5.32 Å². The van der Waals surface area contributed by atoms with E-state index in [1.165, 1.54) is 12.3 Å². The number of rotatable bonds is 5.